The largest absolute Gasteiger partial charge is 0.345 e. The van der Waals surface area contributed by atoms with E-state index in [4.69, 9.17) is 0 Å². The van der Waals surface area contributed by atoms with E-state index in [2.05, 4.69) is 35.1 Å². The predicted octanol–water partition coefficient (Wildman–Crippen LogP) is 2.08. The molecule has 1 N–H and O–H groups in total. The summed E-state index contributed by atoms with van der Waals surface area (Å²) in [4.78, 5) is 3.01. The molecule has 2 aromatic heterocycles. The van der Waals surface area contributed by atoms with E-state index in [0.717, 1.165) is 16.7 Å². The number of nitrogens with one attached hydrogen (secondary N) is 1. The maximum atomic E-state index is 4.10. The minimum Gasteiger partial charge on any atom is -0.345 e. The van der Waals surface area contributed by atoms with Crippen LogP contribution in [0.1, 0.15) is 25.5 Å². The second-order valence-electron chi connectivity index (χ2n) is 3.21. The molecule has 0 radical (unpaired) electrons. The van der Waals surface area contributed by atoms with Crippen LogP contribution >= 0.6 is 0 Å². The molecule has 0 fully saturated rings. The van der Waals surface area contributed by atoms with Crippen molar-refractivity contribution in [3.8, 4) is 0 Å². The van der Waals surface area contributed by atoms with Gasteiger partial charge in [0, 0.05) is 11.6 Å². The number of aromatic amines is 1. The van der Waals surface area contributed by atoms with Crippen molar-refractivity contribution in [2.24, 2.45) is 0 Å². The number of aromatic nitrogens is 3. The molecule has 0 saturated carbocycles. The van der Waals surface area contributed by atoms with E-state index in [1.165, 1.54) is 0 Å². The lowest BCUT2D eigenvalue weighted by atomic mass is 10.1. The van der Waals surface area contributed by atoms with Gasteiger partial charge in [0.1, 0.15) is 0 Å². The van der Waals surface area contributed by atoms with Crippen LogP contribution in [0, 0.1) is 0 Å². The molecule has 2 aromatic rings. The number of hydrogen-bond acceptors (Lipinski definition) is 2. The second kappa shape index (κ2) is 2.59. The Bertz CT molecular complexity index is 389. The fourth-order valence-electron chi connectivity index (χ4n) is 1.15. The molecule has 12 heavy (non-hydrogen) atoms. The van der Waals surface area contributed by atoms with Crippen LogP contribution in [0.2, 0.25) is 0 Å². The van der Waals surface area contributed by atoms with Gasteiger partial charge in [-0.25, -0.2) is 0 Å². The second-order valence-corrected chi connectivity index (χ2v) is 3.21. The molecule has 0 unspecified atom stereocenters. The number of H-pyrrole nitrogens is 1. The highest BCUT2D eigenvalue weighted by molar-refractivity contribution is 5.74. The van der Waals surface area contributed by atoms with Crippen molar-refractivity contribution in [1.29, 1.82) is 0 Å². The summed E-state index contributed by atoms with van der Waals surface area (Å²) >= 11 is 0. The lowest BCUT2D eigenvalue weighted by Gasteiger charge is -2.01. The van der Waals surface area contributed by atoms with Crippen LogP contribution in [0.5, 0.6) is 0 Å². The van der Waals surface area contributed by atoms with Crippen LogP contribution in [0.4, 0.5) is 0 Å². The smallest absolute Gasteiger partial charge is 0.159 e. The lowest BCUT2D eigenvalue weighted by Crippen LogP contribution is -1.94. The fourth-order valence-corrected chi connectivity index (χ4v) is 1.15. The van der Waals surface area contributed by atoms with Crippen LogP contribution in [-0.2, 0) is 0 Å². The van der Waals surface area contributed by atoms with Crippen LogP contribution in [-0.4, -0.2) is 15.2 Å². The van der Waals surface area contributed by atoms with Crippen molar-refractivity contribution in [3.63, 3.8) is 0 Å². The monoisotopic (exact) mass is 161 g/mol. The zero-order valence-electron chi connectivity index (χ0n) is 7.20. The van der Waals surface area contributed by atoms with Gasteiger partial charge in [0.05, 0.1) is 5.69 Å². The van der Waals surface area contributed by atoms with Gasteiger partial charge in [-0.05, 0) is 18.1 Å². The summed E-state index contributed by atoms with van der Waals surface area (Å²) in [6.45, 7) is 4.23. The number of hydrogen-bond donors (Lipinski definition) is 1. The third-order valence-corrected chi connectivity index (χ3v) is 1.92. The van der Waals surface area contributed by atoms with Crippen molar-refractivity contribution in [2.45, 2.75) is 19.8 Å². The predicted molar refractivity (Wildman–Crippen MR) is 48.0 cm³/mol. The van der Waals surface area contributed by atoms with Crippen LogP contribution in [0.3, 0.4) is 0 Å². The summed E-state index contributed by atoms with van der Waals surface area (Å²) in [6, 6.07) is 4.08. The van der Waals surface area contributed by atoms with Crippen molar-refractivity contribution < 1.29 is 0 Å². The van der Waals surface area contributed by atoms with E-state index >= 15 is 0 Å². The topological polar surface area (TPSA) is 41.6 Å². The van der Waals surface area contributed by atoms with Crippen molar-refractivity contribution in [3.05, 3.63) is 24.0 Å². The Hall–Kier alpha value is -1.38. The molecule has 0 bridgehead atoms. The molecule has 0 saturated heterocycles. The molecule has 3 nitrogen and oxygen atoms in total. The Morgan fingerprint density at radius 1 is 1.33 bits per heavy atom. The van der Waals surface area contributed by atoms with E-state index in [0.29, 0.717) is 5.92 Å². The van der Waals surface area contributed by atoms with Crippen LogP contribution in [0.25, 0.3) is 11.0 Å². The Kier molecular flexibility index (Phi) is 1.57. The Balaban J connectivity index is 2.60. The quantitative estimate of drug-likeness (QED) is 0.695. The number of fused-ring (bicyclic) bond motifs is 1. The summed E-state index contributed by atoms with van der Waals surface area (Å²) in [5.41, 5.74) is 1.90. The van der Waals surface area contributed by atoms with Gasteiger partial charge >= 0.3 is 0 Å². The van der Waals surface area contributed by atoms with Crippen LogP contribution < -0.4 is 0 Å². The van der Waals surface area contributed by atoms with E-state index in [-0.39, 0.29) is 0 Å². The van der Waals surface area contributed by atoms with Gasteiger partial charge in [-0.3, -0.25) is 0 Å². The minimum atomic E-state index is 0.441. The molecule has 0 aliphatic rings. The Morgan fingerprint density at radius 2 is 2.17 bits per heavy atom. The van der Waals surface area contributed by atoms with E-state index in [9.17, 15) is 0 Å². The molecule has 62 valence electrons. The first kappa shape index (κ1) is 7.28. The molecule has 0 amide bonds. The lowest BCUT2D eigenvalue weighted by molar-refractivity contribution is 0.793. The zero-order valence-corrected chi connectivity index (χ0v) is 7.20. The molecular weight excluding hydrogens is 150 g/mol. The summed E-state index contributed by atoms with van der Waals surface area (Å²) in [5, 5.41) is 9.29. The van der Waals surface area contributed by atoms with Gasteiger partial charge in [0.15, 0.2) is 5.65 Å². The highest BCUT2D eigenvalue weighted by Gasteiger charge is 2.03. The fraction of sp³-hybridized carbons (Fsp3) is 0.333. The highest BCUT2D eigenvalue weighted by atomic mass is 15.1. The summed E-state index contributed by atoms with van der Waals surface area (Å²) < 4.78 is 0. The molecule has 0 aliphatic heterocycles. The Labute approximate surface area is 70.8 Å². The van der Waals surface area contributed by atoms with E-state index < -0.39 is 0 Å². The molecule has 3 heteroatoms. The first-order valence-corrected chi connectivity index (χ1v) is 4.08. The average Bonchev–Trinajstić information content (AvgIpc) is 2.49. The minimum absolute atomic E-state index is 0.441. The third-order valence-electron chi connectivity index (χ3n) is 1.92. The maximum Gasteiger partial charge on any atom is 0.159 e. The molecular formula is C9H11N3. The summed E-state index contributed by atoms with van der Waals surface area (Å²) in [6.07, 6.45) is 1.88. The summed E-state index contributed by atoms with van der Waals surface area (Å²) in [7, 11) is 0. The standard InChI is InChI=1S/C9H11N3/c1-6(2)8-5-7-3-4-10-9(7)12-11-8/h3-6H,1-2H3,(H,10,12). The summed E-state index contributed by atoms with van der Waals surface area (Å²) in [5.74, 6) is 0.441. The van der Waals surface area contributed by atoms with Crippen molar-refractivity contribution >= 4 is 11.0 Å². The SMILES string of the molecule is CC(C)c1cc2cc[nH]c2nn1. The molecule has 0 atom stereocenters. The van der Waals surface area contributed by atoms with Gasteiger partial charge in [-0.1, -0.05) is 13.8 Å². The first-order chi connectivity index (χ1) is 5.77. The van der Waals surface area contributed by atoms with Gasteiger partial charge in [-0.2, -0.15) is 5.10 Å². The van der Waals surface area contributed by atoms with E-state index in [1.54, 1.807) is 0 Å². The number of rotatable bonds is 1. The van der Waals surface area contributed by atoms with Crippen molar-refractivity contribution in [1.82, 2.24) is 15.2 Å². The van der Waals surface area contributed by atoms with Crippen molar-refractivity contribution in [2.75, 3.05) is 0 Å². The van der Waals surface area contributed by atoms with Gasteiger partial charge in [0.2, 0.25) is 0 Å². The highest BCUT2D eigenvalue weighted by Crippen LogP contribution is 2.15. The molecule has 0 spiro atoms. The van der Waals surface area contributed by atoms with Gasteiger partial charge < -0.3 is 4.98 Å². The number of nitrogens with zero attached hydrogens (tertiary/aromatic N) is 2. The normalized spacial score (nSPS) is 11.2. The zero-order chi connectivity index (χ0) is 8.55. The van der Waals surface area contributed by atoms with Crippen LogP contribution in [0.15, 0.2) is 18.3 Å². The first-order valence-electron chi connectivity index (χ1n) is 4.08. The Morgan fingerprint density at radius 3 is 2.92 bits per heavy atom. The van der Waals surface area contributed by atoms with E-state index in [1.807, 2.05) is 12.3 Å². The molecule has 2 heterocycles. The third kappa shape index (κ3) is 1.07. The van der Waals surface area contributed by atoms with Gasteiger partial charge in [-0.15, -0.1) is 5.10 Å². The maximum absolute atomic E-state index is 4.10. The van der Waals surface area contributed by atoms with Gasteiger partial charge in [0.25, 0.3) is 0 Å². The average molecular weight is 161 g/mol. The molecule has 2 rings (SSSR count). The molecule has 0 aromatic carbocycles. The molecule has 0 aliphatic carbocycles.